The van der Waals surface area contributed by atoms with E-state index >= 15 is 0 Å². The number of rotatable bonds is 5. The van der Waals surface area contributed by atoms with Crippen LogP contribution in [0.25, 0.3) is 0 Å². The molecule has 10 heteroatoms. The Morgan fingerprint density at radius 1 is 1.04 bits per heavy atom. The highest BCUT2D eigenvalue weighted by Gasteiger charge is 2.32. The molecule has 0 saturated carbocycles. The third-order valence-corrected chi connectivity index (χ3v) is 6.64. The molecule has 0 aliphatic carbocycles. The SMILES string of the molecule is Cc1nccn1CCN1CCN(S(=O)(=O)c2ccc(C(F)(F)F)cc2)CC1. The molecule has 0 spiro atoms. The van der Waals surface area contributed by atoms with Crippen LogP contribution in [0.5, 0.6) is 0 Å². The average molecular weight is 402 g/mol. The van der Waals surface area contributed by atoms with Crippen LogP contribution in [0.3, 0.4) is 0 Å². The fourth-order valence-corrected chi connectivity index (χ4v) is 4.47. The summed E-state index contributed by atoms with van der Waals surface area (Å²) in [6.45, 7) is 5.26. The quantitative estimate of drug-likeness (QED) is 0.770. The van der Waals surface area contributed by atoms with Crippen molar-refractivity contribution in [1.29, 1.82) is 0 Å². The van der Waals surface area contributed by atoms with Crippen LogP contribution in [0, 0.1) is 6.92 Å². The molecule has 3 rings (SSSR count). The molecule has 1 aromatic carbocycles. The average Bonchev–Trinajstić information content (AvgIpc) is 3.04. The molecule has 2 aromatic rings. The highest BCUT2D eigenvalue weighted by Crippen LogP contribution is 2.30. The first-order chi connectivity index (χ1) is 12.7. The zero-order valence-electron chi connectivity index (χ0n) is 14.9. The Kier molecular flexibility index (Phi) is 5.59. The van der Waals surface area contributed by atoms with Crippen molar-refractivity contribution < 1.29 is 21.6 Å². The summed E-state index contributed by atoms with van der Waals surface area (Å²) in [6.07, 6.45) is -0.841. The minimum absolute atomic E-state index is 0.113. The number of hydrogen-bond donors (Lipinski definition) is 0. The molecule has 0 atom stereocenters. The standard InChI is InChI=1S/C17H21F3N4O2S/c1-14-21-6-7-23(14)11-8-22-9-12-24(13-10-22)27(25,26)16-4-2-15(3-5-16)17(18,19)20/h2-7H,8-13H2,1H3. The van der Waals surface area contributed by atoms with Crippen molar-refractivity contribution >= 4 is 10.0 Å². The topological polar surface area (TPSA) is 58.4 Å². The van der Waals surface area contributed by atoms with E-state index in [0.717, 1.165) is 43.2 Å². The summed E-state index contributed by atoms with van der Waals surface area (Å²) in [6, 6.07) is 3.64. The lowest BCUT2D eigenvalue weighted by Gasteiger charge is -2.34. The van der Waals surface area contributed by atoms with E-state index in [9.17, 15) is 21.6 Å². The third kappa shape index (κ3) is 4.50. The Hall–Kier alpha value is -1.91. The molecular formula is C17H21F3N4O2S. The van der Waals surface area contributed by atoms with Crippen molar-refractivity contribution in [2.45, 2.75) is 24.5 Å². The van der Waals surface area contributed by atoms with Gasteiger partial charge in [0, 0.05) is 51.7 Å². The van der Waals surface area contributed by atoms with Gasteiger partial charge in [0.25, 0.3) is 0 Å². The van der Waals surface area contributed by atoms with Crippen LogP contribution in [0.4, 0.5) is 13.2 Å². The van der Waals surface area contributed by atoms with Gasteiger partial charge in [-0.05, 0) is 31.2 Å². The van der Waals surface area contributed by atoms with E-state index in [4.69, 9.17) is 0 Å². The third-order valence-electron chi connectivity index (χ3n) is 4.73. The number of nitrogens with zero attached hydrogens (tertiary/aromatic N) is 4. The van der Waals surface area contributed by atoms with Crippen molar-refractivity contribution in [3.63, 3.8) is 0 Å². The van der Waals surface area contributed by atoms with Gasteiger partial charge in [-0.15, -0.1) is 0 Å². The van der Waals surface area contributed by atoms with Crippen molar-refractivity contribution in [1.82, 2.24) is 18.8 Å². The second-order valence-corrected chi connectivity index (χ2v) is 8.37. The van der Waals surface area contributed by atoms with Gasteiger partial charge in [-0.3, -0.25) is 4.90 Å². The van der Waals surface area contributed by atoms with E-state index in [1.54, 1.807) is 6.20 Å². The van der Waals surface area contributed by atoms with Gasteiger partial charge in [0.05, 0.1) is 10.5 Å². The number of alkyl halides is 3. The summed E-state index contributed by atoms with van der Waals surface area (Å²) < 4.78 is 66.6. The lowest BCUT2D eigenvalue weighted by Crippen LogP contribution is -2.49. The first-order valence-corrected chi connectivity index (χ1v) is 9.99. The Labute approximate surface area is 156 Å². The normalized spacial score (nSPS) is 17.3. The molecule has 1 aliphatic rings. The van der Waals surface area contributed by atoms with Crippen LogP contribution in [-0.4, -0.2) is 59.9 Å². The summed E-state index contributed by atoms with van der Waals surface area (Å²) in [5.74, 6) is 0.929. The Morgan fingerprint density at radius 3 is 2.19 bits per heavy atom. The summed E-state index contributed by atoms with van der Waals surface area (Å²) in [5, 5.41) is 0. The molecule has 1 aliphatic heterocycles. The van der Waals surface area contributed by atoms with Gasteiger partial charge in [0.1, 0.15) is 5.82 Å². The number of aryl methyl sites for hydroxylation is 1. The monoisotopic (exact) mass is 402 g/mol. The molecule has 148 valence electrons. The van der Waals surface area contributed by atoms with Crippen molar-refractivity contribution in [3.8, 4) is 0 Å². The number of sulfonamides is 1. The second kappa shape index (κ2) is 7.61. The fourth-order valence-electron chi connectivity index (χ4n) is 3.05. The van der Waals surface area contributed by atoms with Gasteiger partial charge in [-0.2, -0.15) is 17.5 Å². The number of halogens is 3. The van der Waals surface area contributed by atoms with Crippen LogP contribution in [0.1, 0.15) is 11.4 Å². The van der Waals surface area contributed by atoms with Gasteiger partial charge >= 0.3 is 6.18 Å². The number of aromatic nitrogens is 2. The maximum absolute atomic E-state index is 12.7. The molecule has 0 unspecified atom stereocenters. The number of hydrogen-bond acceptors (Lipinski definition) is 4. The molecule has 0 bridgehead atoms. The highest BCUT2D eigenvalue weighted by atomic mass is 32.2. The molecule has 0 N–H and O–H groups in total. The number of imidazole rings is 1. The summed E-state index contributed by atoms with van der Waals surface area (Å²) in [4.78, 5) is 6.22. The van der Waals surface area contributed by atoms with Gasteiger partial charge in [-0.25, -0.2) is 13.4 Å². The zero-order valence-corrected chi connectivity index (χ0v) is 15.7. The van der Waals surface area contributed by atoms with Gasteiger partial charge in [-0.1, -0.05) is 0 Å². The van der Waals surface area contributed by atoms with E-state index in [0.29, 0.717) is 26.2 Å². The summed E-state index contributed by atoms with van der Waals surface area (Å²) in [5.41, 5.74) is -0.860. The van der Waals surface area contributed by atoms with Crippen LogP contribution in [0.2, 0.25) is 0 Å². The number of benzene rings is 1. The van der Waals surface area contributed by atoms with Gasteiger partial charge in [0.15, 0.2) is 0 Å². The molecule has 2 heterocycles. The van der Waals surface area contributed by atoms with E-state index in [1.807, 2.05) is 17.7 Å². The van der Waals surface area contributed by atoms with Gasteiger partial charge < -0.3 is 4.57 Å². The lowest BCUT2D eigenvalue weighted by atomic mass is 10.2. The molecule has 1 saturated heterocycles. The van der Waals surface area contributed by atoms with Crippen molar-refractivity contribution in [2.75, 3.05) is 32.7 Å². The highest BCUT2D eigenvalue weighted by molar-refractivity contribution is 7.89. The van der Waals surface area contributed by atoms with Crippen molar-refractivity contribution in [3.05, 3.63) is 48.0 Å². The minimum Gasteiger partial charge on any atom is -0.334 e. The molecule has 0 radical (unpaired) electrons. The van der Waals surface area contributed by atoms with Gasteiger partial charge in [0.2, 0.25) is 10.0 Å². The molecular weight excluding hydrogens is 381 g/mol. The first kappa shape index (κ1) is 19.8. The maximum atomic E-state index is 12.7. The zero-order chi connectivity index (χ0) is 19.7. The van der Waals surface area contributed by atoms with E-state index in [-0.39, 0.29) is 4.90 Å². The largest absolute Gasteiger partial charge is 0.416 e. The number of piperazine rings is 1. The minimum atomic E-state index is -4.48. The Balaban J connectivity index is 1.58. The van der Waals surface area contributed by atoms with Crippen LogP contribution >= 0.6 is 0 Å². The second-order valence-electron chi connectivity index (χ2n) is 6.44. The van der Waals surface area contributed by atoms with Crippen LogP contribution < -0.4 is 0 Å². The Bertz CT molecular complexity index is 870. The van der Waals surface area contributed by atoms with E-state index in [2.05, 4.69) is 9.88 Å². The molecule has 1 fully saturated rings. The van der Waals surface area contributed by atoms with Crippen molar-refractivity contribution in [2.24, 2.45) is 0 Å². The lowest BCUT2D eigenvalue weighted by molar-refractivity contribution is -0.137. The van der Waals surface area contributed by atoms with Crippen LogP contribution in [0.15, 0.2) is 41.6 Å². The molecule has 0 amide bonds. The molecule has 27 heavy (non-hydrogen) atoms. The first-order valence-electron chi connectivity index (χ1n) is 8.55. The summed E-state index contributed by atoms with van der Waals surface area (Å²) >= 11 is 0. The molecule has 1 aromatic heterocycles. The van der Waals surface area contributed by atoms with E-state index < -0.39 is 21.8 Å². The molecule has 6 nitrogen and oxygen atoms in total. The van der Waals surface area contributed by atoms with Crippen LogP contribution in [-0.2, 0) is 22.7 Å². The summed E-state index contributed by atoms with van der Waals surface area (Å²) in [7, 11) is -3.79. The van der Waals surface area contributed by atoms with E-state index in [1.165, 1.54) is 4.31 Å². The smallest absolute Gasteiger partial charge is 0.334 e. The maximum Gasteiger partial charge on any atom is 0.416 e. The predicted molar refractivity (Wildman–Crippen MR) is 93.6 cm³/mol. The fraction of sp³-hybridized carbons (Fsp3) is 0.471. The Morgan fingerprint density at radius 2 is 1.67 bits per heavy atom. The predicted octanol–water partition coefficient (Wildman–Crippen LogP) is 2.22.